The van der Waals surface area contributed by atoms with Gasteiger partial charge in [-0.2, -0.15) is 0 Å². The summed E-state index contributed by atoms with van der Waals surface area (Å²) in [6.07, 6.45) is 5.39. The maximum absolute atomic E-state index is 13.1. The molecule has 5 nitrogen and oxygen atoms in total. The Morgan fingerprint density at radius 1 is 0.885 bits per heavy atom. The number of nitrogens with zero attached hydrogens (tertiary/aromatic N) is 4. The Labute approximate surface area is 152 Å². The smallest absolute Gasteiger partial charge is 0.242 e. The van der Waals surface area contributed by atoms with Gasteiger partial charge < -0.3 is 0 Å². The molecule has 0 aliphatic carbocycles. The van der Waals surface area contributed by atoms with Gasteiger partial charge in [-0.25, -0.2) is 15.0 Å². The van der Waals surface area contributed by atoms with E-state index in [4.69, 9.17) is 0 Å². The molecule has 2 aromatic heterocycles. The molecule has 1 aliphatic heterocycles. The third-order valence-corrected chi connectivity index (χ3v) is 4.89. The second-order valence-corrected chi connectivity index (χ2v) is 7.21. The molecule has 3 heterocycles. The Morgan fingerprint density at radius 3 is 2.27 bits per heavy atom. The second-order valence-electron chi connectivity index (χ2n) is 7.21. The fourth-order valence-corrected chi connectivity index (χ4v) is 3.29. The predicted molar refractivity (Wildman–Crippen MR) is 101 cm³/mol. The number of carbonyl (C=O) groups is 1. The van der Waals surface area contributed by atoms with E-state index in [1.54, 1.807) is 23.5 Å². The van der Waals surface area contributed by atoms with Gasteiger partial charge in [0, 0.05) is 24.2 Å². The first-order chi connectivity index (χ1) is 12.4. The minimum Gasteiger partial charge on any atom is -0.273 e. The van der Waals surface area contributed by atoms with Crippen LogP contribution in [0.25, 0.3) is 11.1 Å². The molecule has 0 spiro atoms. The van der Waals surface area contributed by atoms with E-state index in [0.29, 0.717) is 5.82 Å². The predicted octanol–water partition coefficient (Wildman–Crippen LogP) is 4.11. The molecule has 0 saturated heterocycles. The summed E-state index contributed by atoms with van der Waals surface area (Å²) < 4.78 is 0. The molecule has 0 fully saturated rings. The molecule has 5 heteroatoms. The number of carbonyl (C=O) groups excluding carboxylic acids is 1. The molecule has 3 aromatic rings. The summed E-state index contributed by atoms with van der Waals surface area (Å²) in [6, 6.07) is 9.93. The quantitative estimate of drug-likeness (QED) is 0.702. The zero-order chi connectivity index (χ0) is 18.5. The monoisotopic (exact) mass is 344 g/mol. The number of pyridine rings is 1. The van der Waals surface area contributed by atoms with Gasteiger partial charge >= 0.3 is 0 Å². The van der Waals surface area contributed by atoms with Crippen molar-refractivity contribution in [1.82, 2.24) is 15.0 Å². The van der Waals surface area contributed by atoms with Crippen molar-refractivity contribution in [3.63, 3.8) is 0 Å². The average Bonchev–Trinajstić information content (AvgIpc) is 2.83. The maximum Gasteiger partial charge on any atom is 0.242 e. The fraction of sp³-hybridized carbons (Fsp3) is 0.238. The lowest BCUT2D eigenvalue weighted by Gasteiger charge is -2.19. The highest BCUT2D eigenvalue weighted by Gasteiger charge is 2.45. The third-order valence-electron chi connectivity index (χ3n) is 4.89. The maximum atomic E-state index is 13.1. The van der Waals surface area contributed by atoms with Crippen molar-refractivity contribution < 1.29 is 4.79 Å². The zero-order valence-electron chi connectivity index (χ0n) is 15.3. The number of aryl methyl sites for hydroxylation is 2. The Balaban J connectivity index is 1.87. The van der Waals surface area contributed by atoms with Crippen molar-refractivity contribution in [3.8, 4) is 11.1 Å². The molecule has 0 unspecified atom stereocenters. The summed E-state index contributed by atoms with van der Waals surface area (Å²) in [5, 5.41) is 0. The van der Waals surface area contributed by atoms with Crippen molar-refractivity contribution in [1.29, 1.82) is 0 Å². The lowest BCUT2D eigenvalue weighted by atomic mass is 9.85. The Morgan fingerprint density at radius 2 is 1.62 bits per heavy atom. The number of rotatable bonds is 2. The van der Waals surface area contributed by atoms with Crippen LogP contribution in [0, 0.1) is 13.8 Å². The van der Waals surface area contributed by atoms with E-state index in [9.17, 15) is 4.79 Å². The molecule has 0 saturated carbocycles. The van der Waals surface area contributed by atoms with Crippen LogP contribution < -0.4 is 4.90 Å². The van der Waals surface area contributed by atoms with Crippen LogP contribution in [-0.4, -0.2) is 20.9 Å². The highest BCUT2D eigenvalue weighted by atomic mass is 16.2. The first kappa shape index (κ1) is 16.4. The lowest BCUT2D eigenvalue weighted by Crippen LogP contribution is -2.33. The number of anilines is 2. The molecule has 0 atom stereocenters. The summed E-state index contributed by atoms with van der Waals surface area (Å²) >= 11 is 0. The molecule has 0 radical (unpaired) electrons. The van der Waals surface area contributed by atoms with Crippen LogP contribution in [0.3, 0.4) is 0 Å². The average molecular weight is 344 g/mol. The first-order valence-electron chi connectivity index (χ1n) is 8.59. The van der Waals surface area contributed by atoms with Crippen LogP contribution in [0.4, 0.5) is 11.5 Å². The molecule has 0 N–H and O–H groups in total. The van der Waals surface area contributed by atoms with Crippen LogP contribution in [0.1, 0.15) is 30.8 Å². The lowest BCUT2D eigenvalue weighted by molar-refractivity contribution is -0.121. The van der Waals surface area contributed by atoms with Crippen molar-refractivity contribution in [3.05, 3.63) is 65.9 Å². The Hall–Kier alpha value is -3.08. The molecule has 1 amide bonds. The molecule has 1 aliphatic rings. The number of amides is 1. The molecular formula is C21H20N4O. The van der Waals surface area contributed by atoms with Gasteiger partial charge in [0.15, 0.2) is 0 Å². The molecular weight excluding hydrogens is 324 g/mol. The largest absolute Gasteiger partial charge is 0.273 e. The highest BCUT2D eigenvalue weighted by molar-refractivity contribution is 6.12. The van der Waals surface area contributed by atoms with Crippen molar-refractivity contribution in [2.24, 2.45) is 0 Å². The van der Waals surface area contributed by atoms with Crippen molar-refractivity contribution in [2.75, 3.05) is 4.90 Å². The third kappa shape index (κ3) is 2.47. The van der Waals surface area contributed by atoms with E-state index in [2.05, 4.69) is 15.0 Å². The number of benzene rings is 1. The van der Waals surface area contributed by atoms with Crippen LogP contribution in [0.15, 0.2) is 48.9 Å². The zero-order valence-corrected chi connectivity index (χ0v) is 15.3. The van der Waals surface area contributed by atoms with E-state index < -0.39 is 5.41 Å². The van der Waals surface area contributed by atoms with E-state index in [1.807, 2.05) is 58.0 Å². The SMILES string of the molecule is Cc1ccc(N2C(=O)C(C)(C)c3ccc(-c4cnc(C)nc4)cc32)nc1. The summed E-state index contributed by atoms with van der Waals surface area (Å²) in [7, 11) is 0. The fourth-order valence-electron chi connectivity index (χ4n) is 3.29. The number of hydrogen-bond donors (Lipinski definition) is 0. The first-order valence-corrected chi connectivity index (χ1v) is 8.59. The molecule has 0 bridgehead atoms. The topological polar surface area (TPSA) is 59.0 Å². The van der Waals surface area contributed by atoms with Crippen LogP contribution >= 0.6 is 0 Å². The Bertz CT molecular complexity index is 992. The molecule has 26 heavy (non-hydrogen) atoms. The van der Waals surface area contributed by atoms with Gasteiger partial charge in [0.2, 0.25) is 5.91 Å². The summed E-state index contributed by atoms with van der Waals surface area (Å²) in [5.74, 6) is 1.41. The van der Waals surface area contributed by atoms with E-state index in [1.165, 1.54) is 0 Å². The normalized spacial score (nSPS) is 15.2. The van der Waals surface area contributed by atoms with Crippen LogP contribution in [0.5, 0.6) is 0 Å². The molecule has 1 aromatic carbocycles. The van der Waals surface area contributed by atoms with Crippen LogP contribution in [0.2, 0.25) is 0 Å². The second kappa shape index (κ2) is 5.73. The van der Waals surface area contributed by atoms with E-state index >= 15 is 0 Å². The van der Waals surface area contributed by atoms with Gasteiger partial charge in [-0.1, -0.05) is 18.2 Å². The van der Waals surface area contributed by atoms with Crippen molar-refractivity contribution in [2.45, 2.75) is 33.1 Å². The van der Waals surface area contributed by atoms with Crippen molar-refractivity contribution >= 4 is 17.4 Å². The van der Waals surface area contributed by atoms with Gasteiger partial charge in [-0.05, 0) is 56.5 Å². The minimum absolute atomic E-state index is 0.0289. The van der Waals surface area contributed by atoms with Gasteiger partial charge in [-0.3, -0.25) is 9.69 Å². The molecule has 4 rings (SSSR count). The van der Waals surface area contributed by atoms with Gasteiger partial charge in [0.1, 0.15) is 11.6 Å². The van der Waals surface area contributed by atoms with Crippen LogP contribution in [-0.2, 0) is 10.2 Å². The number of aromatic nitrogens is 3. The standard InChI is InChI=1S/C21H20N4O/c1-13-5-8-19(24-10-13)25-18-9-15(16-11-22-14(2)23-12-16)6-7-17(18)21(3,4)20(25)26/h5-12H,1-4H3. The number of hydrogen-bond acceptors (Lipinski definition) is 4. The number of fused-ring (bicyclic) bond motifs is 1. The van der Waals surface area contributed by atoms with E-state index in [0.717, 1.165) is 33.8 Å². The minimum atomic E-state index is -0.593. The summed E-state index contributed by atoms with van der Waals surface area (Å²) in [5.41, 5.74) is 4.24. The molecule has 130 valence electrons. The summed E-state index contributed by atoms with van der Waals surface area (Å²) in [4.78, 5) is 27.9. The Kier molecular flexibility index (Phi) is 3.61. The summed E-state index contributed by atoms with van der Waals surface area (Å²) in [6.45, 7) is 7.75. The van der Waals surface area contributed by atoms with Gasteiger partial charge in [0.25, 0.3) is 0 Å². The van der Waals surface area contributed by atoms with E-state index in [-0.39, 0.29) is 5.91 Å². The van der Waals surface area contributed by atoms with Gasteiger partial charge in [-0.15, -0.1) is 0 Å². The highest BCUT2D eigenvalue weighted by Crippen LogP contribution is 2.46. The van der Waals surface area contributed by atoms with Gasteiger partial charge in [0.05, 0.1) is 11.1 Å².